The predicted molar refractivity (Wildman–Crippen MR) is 87.4 cm³/mol. The number of hydrogen-bond donors (Lipinski definition) is 1. The first kappa shape index (κ1) is 16.0. The van der Waals surface area contributed by atoms with Gasteiger partial charge in [-0.1, -0.05) is 29.8 Å². The van der Waals surface area contributed by atoms with Crippen LogP contribution in [0.2, 0.25) is 5.02 Å². The predicted octanol–water partition coefficient (Wildman–Crippen LogP) is 2.86. The van der Waals surface area contributed by atoms with Crippen molar-refractivity contribution < 1.29 is 0 Å². The van der Waals surface area contributed by atoms with Crippen molar-refractivity contribution in [3.05, 3.63) is 52.8 Å². The quantitative estimate of drug-likeness (QED) is 0.854. The lowest BCUT2D eigenvalue weighted by Crippen LogP contribution is -2.25. The molecule has 0 fully saturated rings. The third-order valence-corrected chi connectivity index (χ3v) is 3.98. The van der Waals surface area contributed by atoms with Crippen LogP contribution < -0.4 is 5.32 Å². The summed E-state index contributed by atoms with van der Waals surface area (Å²) in [5.41, 5.74) is 2.40. The Balaban J connectivity index is 1.89. The van der Waals surface area contributed by atoms with Crippen LogP contribution in [0.4, 0.5) is 0 Å². The molecule has 1 unspecified atom stereocenters. The summed E-state index contributed by atoms with van der Waals surface area (Å²) in [6.45, 7) is 1.90. The summed E-state index contributed by atoms with van der Waals surface area (Å²) in [6, 6.07) is 8.30. The fourth-order valence-electron chi connectivity index (χ4n) is 2.51. The van der Waals surface area contributed by atoms with E-state index >= 15 is 0 Å². The maximum atomic E-state index is 6.28. The highest BCUT2D eigenvalue weighted by Crippen LogP contribution is 2.24. The van der Waals surface area contributed by atoms with E-state index in [1.54, 1.807) is 0 Å². The zero-order valence-electron chi connectivity index (χ0n) is 12.9. The highest BCUT2D eigenvalue weighted by Gasteiger charge is 2.13. The Kier molecular flexibility index (Phi) is 5.79. The van der Waals surface area contributed by atoms with Crippen molar-refractivity contribution in [2.45, 2.75) is 19.0 Å². The van der Waals surface area contributed by atoms with E-state index in [9.17, 15) is 0 Å². The van der Waals surface area contributed by atoms with E-state index in [0.29, 0.717) is 0 Å². The minimum atomic E-state index is 0.273. The first-order chi connectivity index (χ1) is 10.1. The maximum absolute atomic E-state index is 6.28. The normalized spacial score (nSPS) is 12.8. The summed E-state index contributed by atoms with van der Waals surface area (Å²) in [5, 5.41) is 8.38. The molecule has 0 saturated heterocycles. The van der Waals surface area contributed by atoms with Gasteiger partial charge < -0.3 is 10.2 Å². The maximum Gasteiger partial charge on any atom is 0.0534 e. The SMILES string of the molecule is CNC(CCN(C)Cc1cnn(C)c1)c1ccccc1Cl. The molecule has 0 radical (unpaired) electrons. The molecule has 0 bridgehead atoms. The van der Waals surface area contributed by atoms with E-state index in [1.165, 1.54) is 5.56 Å². The smallest absolute Gasteiger partial charge is 0.0534 e. The lowest BCUT2D eigenvalue weighted by Gasteiger charge is -2.22. The van der Waals surface area contributed by atoms with Gasteiger partial charge in [-0.2, -0.15) is 5.10 Å². The first-order valence-corrected chi connectivity index (χ1v) is 7.55. The number of benzene rings is 1. The van der Waals surface area contributed by atoms with Crippen molar-refractivity contribution in [1.29, 1.82) is 0 Å². The second kappa shape index (κ2) is 7.59. The molecule has 0 saturated carbocycles. The molecule has 1 atom stereocenters. The van der Waals surface area contributed by atoms with Crippen LogP contribution in [0.15, 0.2) is 36.7 Å². The molecule has 21 heavy (non-hydrogen) atoms. The summed E-state index contributed by atoms with van der Waals surface area (Å²) in [5.74, 6) is 0. The second-order valence-corrected chi connectivity index (χ2v) is 5.82. The Hall–Kier alpha value is -1.36. The number of nitrogens with one attached hydrogen (secondary N) is 1. The molecule has 1 aromatic carbocycles. The standard InChI is InChI=1S/C16H23ClN4/c1-18-16(14-6-4-5-7-15(14)17)8-9-20(2)11-13-10-19-21(3)12-13/h4-7,10,12,16,18H,8-9,11H2,1-3H3. The summed E-state index contributed by atoms with van der Waals surface area (Å²) in [6.07, 6.45) is 4.98. The van der Waals surface area contributed by atoms with Gasteiger partial charge in [-0.3, -0.25) is 4.68 Å². The first-order valence-electron chi connectivity index (χ1n) is 7.18. The van der Waals surface area contributed by atoms with Crippen LogP contribution in [0.1, 0.15) is 23.6 Å². The molecular weight excluding hydrogens is 284 g/mol. The van der Waals surface area contributed by atoms with Crippen molar-refractivity contribution >= 4 is 11.6 Å². The van der Waals surface area contributed by atoms with E-state index in [1.807, 2.05) is 43.2 Å². The van der Waals surface area contributed by atoms with Crippen molar-refractivity contribution in [1.82, 2.24) is 20.0 Å². The number of aromatic nitrogens is 2. The fraction of sp³-hybridized carbons (Fsp3) is 0.438. The van der Waals surface area contributed by atoms with Crippen LogP contribution in [0.5, 0.6) is 0 Å². The molecular formula is C16H23ClN4. The van der Waals surface area contributed by atoms with E-state index in [-0.39, 0.29) is 6.04 Å². The van der Waals surface area contributed by atoms with Crippen LogP contribution in [-0.4, -0.2) is 35.3 Å². The lowest BCUT2D eigenvalue weighted by molar-refractivity contribution is 0.304. The third kappa shape index (κ3) is 4.56. The van der Waals surface area contributed by atoms with Crippen LogP contribution in [0.3, 0.4) is 0 Å². The Labute approximate surface area is 131 Å². The van der Waals surface area contributed by atoms with Gasteiger partial charge in [-0.25, -0.2) is 0 Å². The van der Waals surface area contributed by atoms with E-state index in [0.717, 1.165) is 30.1 Å². The Morgan fingerprint density at radius 3 is 2.76 bits per heavy atom. The Morgan fingerprint density at radius 2 is 2.14 bits per heavy atom. The van der Waals surface area contributed by atoms with Gasteiger partial charge in [0.05, 0.1) is 6.20 Å². The number of halogens is 1. The minimum Gasteiger partial charge on any atom is -0.313 e. The monoisotopic (exact) mass is 306 g/mol. The van der Waals surface area contributed by atoms with Crippen LogP contribution in [0, 0.1) is 0 Å². The van der Waals surface area contributed by atoms with Crippen LogP contribution >= 0.6 is 11.6 Å². The summed E-state index contributed by atoms with van der Waals surface area (Å²) < 4.78 is 1.84. The molecule has 2 aromatic rings. The van der Waals surface area contributed by atoms with Crippen molar-refractivity contribution in [3.8, 4) is 0 Å². The van der Waals surface area contributed by atoms with Gasteiger partial charge in [0, 0.05) is 36.4 Å². The highest BCUT2D eigenvalue weighted by molar-refractivity contribution is 6.31. The highest BCUT2D eigenvalue weighted by atomic mass is 35.5. The van der Waals surface area contributed by atoms with E-state index < -0.39 is 0 Å². The second-order valence-electron chi connectivity index (χ2n) is 5.41. The lowest BCUT2D eigenvalue weighted by atomic mass is 10.0. The molecule has 2 rings (SSSR count). The van der Waals surface area contributed by atoms with Crippen molar-refractivity contribution in [2.24, 2.45) is 7.05 Å². The zero-order valence-corrected chi connectivity index (χ0v) is 13.6. The van der Waals surface area contributed by atoms with Crippen LogP contribution in [-0.2, 0) is 13.6 Å². The molecule has 0 aliphatic rings. The minimum absolute atomic E-state index is 0.273. The molecule has 0 spiro atoms. The zero-order chi connectivity index (χ0) is 15.2. The molecule has 1 N–H and O–H groups in total. The van der Waals surface area contributed by atoms with Gasteiger partial charge in [-0.15, -0.1) is 0 Å². The van der Waals surface area contributed by atoms with Gasteiger partial charge in [0.25, 0.3) is 0 Å². The van der Waals surface area contributed by atoms with E-state index in [2.05, 4.69) is 34.6 Å². The molecule has 0 aliphatic heterocycles. The van der Waals surface area contributed by atoms with Crippen molar-refractivity contribution in [3.63, 3.8) is 0 Å². The Bertz CT molecular complexity index is 567. The summed E-state index contributed by atoms with van der Waals surface area (Å²) in [4.78, 5) is 2.30. The number of hydrogen-bond acceptors (Lipinski definition) is 3. The number of nitrogens with zero attached hydrogens (tertiary/aromatic N) is 3. The average Bonchev–Trinajstić information content (AvgIpc) is 2.86. The van der Waals surface area contributed by atoms with Gasteiger partial charge in [0.1, 0.15) is 0 Å². The third-order valence-electron chi connectivity index (χ3n) is 3.64. The van der Waals surface area contributed by atoms with Gasteiger partial charge in [0.2, 0.25) is 0 Å². The van der Waals surface area contributed by atoms with Gasteiger partial charge >= 0.3 is 0 Å². The summed E-state index contributed by atoms with van der Waals surface area (Å²) in [7, 11) is 6.05. The molecule has 4 nitrogen and oxygen atoms in total. The molecule has 1 heterocycles. The van der Waals surface area contributed by atoms with E-state index in [4.69, 9.17) is 11.6 Å². The molecule has 5 heteroatoms. The molecule has 1 aromatic heterocycles. The van der Waals surface area contributed by atoms with Crippen LogP contribution in [0.25, 0.3) is 0 Å². The molecule has 0 aliphatic carbocycles. The molecule has 114 valence electrons. The molecule has 0 amide bonds. The fourth-order valence-corrected chi connectivity index (χ4v) is 2.77. The Morgan fingerprint density at radius 1 is 1.38 bits per heavy atom. The number of rotatable bonds is 7. The van der Waals surface area contributed by atoms with Gasteiger partial charge in [0.15, 0.2) is 0 Å². The van der Waals surface area contributed by atoms with Gasteiger partial charge in [-0.05, 0) is 38.7 Å². The van der Waals surface area contributed by atoms with Crippen molar-refractivity contribution in [2.75, 3.05) is 20.6 Å². The topological polar surface area (TPSA) is 33.1 Å². The average molecular weight is 307 g/mol. The number of aryl methyl sites for hydroxylation is 1. The summed E-state index contributed by atoms with van der Waals surface area (Å²) >= 11 is 6.28. The largest absolute Gasteiger partial charge is 0.313 e.